The molecule has 0 unspecified atom stereocenters. The summed E-state index contributed by atoms with van der Waals surface area (Å²) >= 11 is 0. The summed E-state index contributed by atoms with van der Waals surface area (Å²) in [5, 5.41) is 9.30. The van der Waals surface area contributed by atoms with Crippen molar-refractivity contribution in [2.24, 2.45) is 0 Å². The van der Waals surface area contributed by atoms with Crippen molar-refractivity contribution in [2.45, 2.75) is 236 Å². The molecule has 2 aliphatic heterocycles. The summed E-state index contributed by atoms with van der Waals surface area (Å²) in [6.45, 7) is 63.3. The van der Waals surface area contributed by atoms with Gasteiger partial charge in [-0.3, -0.25) is 0 Å². The Morgan fingerprint density at radius 2 is 0.496 bits per heavy atom. The summed E-state index contributed by atoms with van der Waals surface area (Å²) < 4.78 is 20.1. The SMILES string of the molecule is CC(C)(C)c1ccc(-c2cc(C(C)(C)C)cc(-c3cccc4c3oc3ccccc34)c2N2c3cc(-n4c5ccc(C(C)(C)C)cc5c5cc(C(C)(C)C)ccc54)ccc3B3c4ccc(-n5c6ccc(C(C)(C)C)cc6c6cc(C(C)(C)C)ccc65)cc4N(c4c(-c5ccc(C(C)(C)C)cc5)cc(C(C)(C)C)cc4-c4cccc5c4oc4ccccc45)c4cc(C(C)(C)C)cc2c43)cc1. The maximum atomic E-state index is 7.46. The van der Waals surface area contributed by atoms with Crippen LogP contribution >= 0.6 is 0 Å². The van der Waals surface area contributed by atoms with Gasteiger partial charge < -0.3 is 27.8 Å². The van der Waals surface area contributed by atoms with Gasteiger partial charge in [0.1, 0.15) is 22.3 Å². The Labute approximate surface area is 787 Å². The van der Waals surface area contributed by atoms with E-state index in [4.69, 9.17) is 8.83 Å². The first-order chi connectivity index (χ1) is 62.6. The highest BCUT2D eigenvalue weighted by Crippen LogP contribution is 2.58. The van der Waals surface area contributed by atoms with Gasteiger partial charge in [0.2, 0.25) is 0 Å². The van der Waals surface area contributed by atoms with Crippen LogP contribution in [0.1, 0.15) is 237 Å². The van der Waals surface area contributed by atoms with Crippen molar-refractivity contribution in [1.82, 2.24) is 9.13 Å². The van der Waals surface area contributed by atoms with Gasteiger partial charge in [-0.25, -0.2) is 0 Å². The molecule has 666 valence electrons. The number of anilines is 6. The van der Waals surface area contributed by atoms with E-state index in [9.17, 15) is 0 Å². The Balaban J connectivity index is 0.975. The fourth-order valence-corrected chi connectivity index (χ4v) is 21.3. The number of para-hydroxylation sites is 4. The topological polar surface area (TPSA) is 42.6 Å². The largest absolute Gasteiger partial charge is 0.455 e. The highest BCUT2D eigenvalue weighted by Gasteiger charge is 2.48. The van der Waals surface area contributed by atoms with Crippen LogP contribution < -0.4 is 26.2 Å². The summed E-state index contributed by atoms with van der Waals surface area (Å²) in [5.41, 5.74) is 38.7. The zero-order valence-corrected chi connectivity index (χ0v) is 83.2. The second-order valence-corrected chi connectivity index (χ2v) is 47.9. The predicted molar refractivity (Wildman–Crippen MR) is 574 cm³/mol. The van der Waals surface area contributed by atoms with Crippen molar-refractivity contribution in [3.63, 3.8) is 0 Å². The fourth-order valence-electron chi connectivity index (χ4n) is 21.3. The van der Waals surface area contributed by atoms with Crippen LogP contribution in [-0.2, 0) is 48.7 Å². The molecule has 0 amide bonds. The van der Waals surface area contributed by atoms with Gasteiger partial charge >= 0.3 is 0 Å². The first kappa shape index (κ1) is 86.9. The second kappa shape index (κ2) is 29.8. The van der Waals surface area contributed by atoms with Gasteiger partial charge in [-0.1, -0.05) is 345 Å². The molecule has 0 saturated heterocycles. The molecule has 4 aromatic heterocycles. The number of benzene rings is 15. The van der Waals surface area contributed by atoms with Crippen molar-refractivity contribution >= 4 is 145 Å². The molecule has 19 aromatic rings. The molecule has 0 N–H and O–H groups in total. The molecule has 2 aliphatic rings. The fraction of sp³-hybridized carbons (Fsp3) is 0.286. The number of fused-ring (bicyclic) bond motifs is 16. The van der Waals surface area contributed by atoms with E-state index in [0.29, 0.717) is 0 Å². The maximum absolute atomic E-state index is 7.46. The lowest BCUT2D eigenvalue weighted by Gasteiger charge is -2.47. The molecule has 7 heteroatoms. The Morgan fingerprint density at radius 3 is 0.812 bits per heavy atom. The monoisotopic (exact) mass is 1740 g/mol. The zero-order valence-electron chi connectivity index (χ0n) is 83.2. The molecule has 0 aliphatic carbocycles. The summed E-state index contributed by atoms with van der Waals surface area (Å²) in [6.07, 6.45) is 0. The van der Waals surface area contributed by atoms with E-state index in [0.717, 1.165) is 156 Å². The number of nitrogens with zero attached hydrogens (tertiary/aromatic N) is 4. The van der Waals surface area contributed by atoms with Crippen LogP contribution in [0, 0.1) is 0 Å². The summed E-state index contributed by atoms with van der Waals surface area (Å²) in [7, 11) is 0. The van der Waals surface area contributed by atoms with E-state index in [1.165, 1.54) is 88.0 Å². The first-order valence-electron chi connectivity index (χ1n) is 48.3. The molecule has 6 nitrogen and oxygen atoms in total. The normalized spacial score (nSPS) is 13.8. The van der Waals surface area contributed by atoms with Gasteiger partial charge in [0, 0.05) is 111 Å². The van der Waals surface area contributed by atoms with E-state index >= 15 is 0 Å². The van der Waals surface area contributed by atoms with Gasteiger partial charge in [0.05, 0.1) is 33.4 Å². The Hall–Kier alpha value is -12.8. The van der Waals surface area contributed by atoms with Gasteiger partial charge in [-0.05, 0) is 248 Å². The molecule has 133 heavy (non-hydrogen) atoms. The number of aromatic nitrogens is 2. The lowest BCUT2D eigenvalue weighted by Crippen LogP contribution is -2.61. The van der Waals surface area contributed by atoms with Crippen LogP contribution in [0.2, 0.25) is 0 Å². The Morgan fingerprint density at radius 1 is 0.211 bits per heavy atom. The average Bonchev–Trinajstić information content (AvgIpc) is 1.25. The highest BCUT2D eigenvalue weighted by atomic mass is 16.3. The molecule has 0 spiro atoms. The van der Waals surface area contributed by atoms with Crippen LogP contribution in [0.25, 0.3) is 143 Å². The van der Waals surface area contributed by atoms with Crippen molar-refractivity contribution in [3.05, 3.63) is 329 Å². The van der Waals surface area contributed by atoms with Gasteiger partial charge in [-0.2, -0.15) is 0 Å². The molecular weight excluding hydrogens is 1610 g/mol. The second-order valence-electron chi connectivity index (χ2n) is 47.9. The lowest BCUT2D eigenvalue weighted by atomic mass is 9.33. The van der Waals surface area contributed by atoms with Crippen LogP contribution in [0.4, 0.5) is 34.1 Å². The maximum Gasteiger partial charge on any atom is 0.252 e. The zero-order chi connectivity index (χ0) is 93.7. The van der Waals surface area contributed by atoms with Crippen LogP contribution in [0.5, 0.6) is 0 Å². The molecule has 21 rings (SSSR count). The Kier molecular flexibility index (Phi) is 19.5. The van der Waals surface area contributed by atoms with Crippen molar-refractivity contribution < 1.29 is 8.83 Å². The third kappa shape index (κ3) is 14.4. The molecule has 0 radical (unpaired) electrons. The Bertz CT molecular complexity index is 7440. The van der Waals surface area contributed by atoms with Crippen molar-refractivity contribution in [2.75, 3.05) is 9.80 Å². The van der Waals surface area contributed by atoms with Gasteiger partial charge in [0.25, 0.3) is 6.71 Å². The van der Waals surface area contributed by atoms with Crippen LogP contribution in [0.15, 0.2) is 288 Å². The van der Waals surface area contributed by atoms with Gasteiger partial charge in [-0.15, -0.1) is 0 Å². The molecule has 15 aromatic carbocycles. The molecule has 6 heterocycles. The number of hydrogen-bond donors (Lipinski definition) is 0. The van der Waals surface area contributed by atoms with Crippen LogP contribution in [0.3, 0.4) is 0 Å². The first-order valence-corrected chi connectivity index (χ1v) is 48.3. The molecule has 0 saturated carbocycles. The van der Waals surface area contributed by atoms with Crippen molar-refractivity contribution in [1.29, 1.82) is 0 Å². The van der Waals surface area contributed by atoms with E-state index in [1.807, 2.05) is 0 Å². The van der Waals surface area contributed by atoms with E-state index in [2.05, 4.69) is 485 Å². The van der Waals surface area contributed by atoms with E-state index in [1.54, 1.807) is 0 Å². The summed E-state index contributed by atoms with van der Waals surface area (Å²) in [5.74, 6) is 0. The minimum Gasteiger partial charge on any atom is -0.455 e. The van der Waals surface area contributed by atoms with Crippen molar-refractivity contribution in [3.8, 4) is 55.9 Å². The molecule has 0 fully saturated rings. The smallest absolute Gasteiger partial charge is 0.252 e. The standard InChI is InChI=1S/C126H127BN4O2/c1-118(2,3)76-46-42-74(43-47-76)93-66-82(124(19,20)21)68-99(91-38-32-36-89-87-34-28-30-40-111(87)132-116(89)91)114(93)130-107-72-85(128-103-58-50-78(120(7,8)9)62-95(103)96-63-79(121(10,11)12)51-59-104(96)128)54-56-101(107)127-102-57-55-86(129-105-60-52-80(122(13,14)15)64-97(105)98-65-81(123(16,17)18)53-61-106(98)129)73-108(102)131(110-71-84(126(25,26)27)70-109(130)113(110)127)115-94(75-44-48-77(49-45-75)119(4,5)6)67-83(125(22,23)24)69-100(115)92-39-33-37-90-88-35-29-31-41-112(88)133-117(90)92/h28-73H,1-27H3. The third-order valence-corrected chi connectivity index (χ3v) is 29.3. The molecule has 0 atom stereocenters. The molecule has 0 bridgehead atoms. The van der Waals surface area contributed by atoms with Crippen LogP contribution in [-0.4, -0.2) is 15.8 Å². The lowest BCUT2D eigenvalue weighted by molar-refractivity contribution is 0.589. The molecular formula is C126H127BN4O2. The minimum atomic E-state index is -0.445. The van der Waals surface area contributed by atoms with E-state index < -0.39 is 5.41 Å². The summed E-state index contributed by atoms with van der Waals surface area (Å²) in [4.78, 5) is 5.56. The third-order valence-electron chi connectivity index (χ3n) is 29.3. The van der Waals surface area contributed by atoms with Gasteiger partial charge in [0.15, 0.2) is 0 Å². The van der Waals surface area contributed by atoms with E-state index in [-0.39, 0.29) is 50.0 Å². The predicted octanol–water partition coefficient (Wildman–Crippen LogP) is 34.1. The average molecular weight is 1740 g/mol. The number of furan rings is 2. The highest BCUT2D eigenvalue weighted by molar-refractivity contribution is 7.00. The summed E-state index contributed by atoms with van der Waals surface area (Å²) in [6, 6.07) is 110. The number of hydrogen-bond acceptors (Lipinski definition) is 4. The quantitative estimate of drug-likeness (QED) is 0.142. The minimum absolute atomic E-state index is 0.103. The number of rotatable bonds is 8.